The first-order valence-corrected chi connectivity index (χ1v) is 5.52. The maximum atomic E-state index is 3.95. The van der Waals surface area contributed by atoms with E-state index in [-0.39, 0.29) is 0 Å². The number of hydrogen-bond acceptors (Lipinski definition) is 1. The van der Waals surface area contributed by atoms with E-state index >= 15 is 0 Å². The van der Waals surface area contributed by atoms with Gasteiger partial charge in [-0.05, 0) is 44.9 Å². The molecule has 1 aromatic rings. The normalized spacial score (nSPS) is 12.5. The average Bonchev–Trinajstić information content (AvgIpc) is 2.21. The lowest BCUT2D eigenvalue weighted by molar-refractivity contribution is 0.546. The van der Waals surface area contributed by atoms with Gasteiger partial charge in [-0.2, -0.15) is 0 Å². The van der Waals surface area contributed by atoms with Gasteiger partial charge >= 0.3 is 0 Å². The molecule has 1 rings (SSSR count). The van der Waals surface area contributed by atoms with Crippen molar-refractivity contribution in [2.75, 3.05) is 7.05 Å². The molecule has 1 nitrogen and oxygen atoms in total. The topological polar surface area (TPSA) is 12.0 Å². The van der Waals surface area contributed by atoms with Crippen molar-refractivity contribution >= 4 is 0 Å². The molecule has 0 fully saturated rings. The Morgan fingerprint density at radius 1 is 1.40 bits per heavy atom. The van der Waals surface area contributed by atoms with E-state index in [0.717, 1.165) is 12.8 Å². The van der Waals surface area contributed by atoms with Crippen molar-refractivity contribution in [1.29, 1.82) is 0 Å². The Morgan fingerprint density at radius 2 is 2.07 bits per heavy atom. The minimum absolute atomic E-state index is 0.447. The zero-order valence-corrected chi connectivity index (χ0v) is 10.0. The summed E-state index contributed by atoms with van der Waals surface area (Å²) in [5.41, 5.74) is 4.02. The van der Waals surface area contributed by atoms with Gasteiger partial charge in [-0.1, -0.05) is 29.8 Å². The van der Waals surface area contributed by atoms with Crippen molar-refractivity contribution in [2.45, 2.75) is 32.7 Å². The van der Waals surface area contributed by atoms with Crippen LogP contribution in [0.2, 0.25) is 0 Å². The van der Waals surface area contributed by atoms with Gasteiger partial charge in [-0.3, -0.25) is 0 Å². The first-order chi connectivity index (χ1) is 7.15. The number of nitrogens with one attached hydrogen (secondary N) is 1. The third-order valence-electron chi connectivity index (χ3n) is 2.77. The van der Waals surface area contributed by atoms with Crippen molar-refractivity contribution in [3.8, 4) is 0 Å². The molecule has 1 heteroatoms. The van der Waals surface area contributed by atoms with Crippen molar-refractivity contribution < 1.29 is 0 Å². The smallest absolute Gasteiger partial charge is 0.0323 e. The molecule has 0 aliphatic rings. The zero-order valence-electron chi connectivity index (χ0n) is 10.0. The van der Waals surface area contributed by atoms with Crippen LogP contribution < -0.4 is 5.32 Å². The summed E-state index contributed by atoms with van der Waals surface area (Å²) in [6.07, 6.45) is 2.20. The lowest BCUT2D eigenvalue weighted by atomic mass is 9.96. The van der Waals surface area contributed by atoms with Gasteiger partial charge in [0.1, 0.15) is 0 Å². The molecule has 1 aromatic carbocycles. The van der Waals surface area contributed by atoms with Gasteiger partial charge in [-0.15, -0.1) is 6.58 Å². The van der Waals surface area contributed by atoms with Gasteiger partial charge in [0.15, 0.2) is 0 Å². The van der Waals surface area contributed by atoms with Crippen molar-refractivity contribution in [2.24, 2.45) is 0 Å². The summed E-state index contributed by atoms with van der Waals surface area (Å²) in [4.78, 5) is 0. The molecule has 0 saturated carbocycles. The second kappa shape index (κ2) is 5.72. The van der Waals surface area contributed by atoms with Gasteiger partial charge < -0.3 is 5.32 Å². The molecule has 0 bridgehead atoms. The number of allylic oxidation sites excluding steroid dienone is 1. The molecule has 82 valence electrons. The highest BCUT2D eigenvalue weighted by atomic mass is 14.9. The molecule has 0 radical (unpaired) electrons. The standard InChI is InChI=1S/C14H21N/c1-11(2)9-10-14(15-4)13-8-6-5-7-12(13)3/h5-8,14-15H,1,9-10H2,2-4H3. The molecule has 0 heterocycles. The van der Waals surface area contributed by atoms with Gasteiger partial charge in [0.2, 0.25) is 0 Å². The molecule has 0 aromatic heterocycles. The Hall–Kier alpha value is -1.08. The number of hydrogen-bond donors (Lipinski definition) is 1. The molecule has 0 spiro atoms. The molecule has 0 aliphatic carbocycles. The van der Waals surface area contributed by atoms with E-state index in [2.05, 4.69) is 50.0 Å². The first kappa shape index (κ1) is 12.0. The average molecular weight is 203 g/mol. The van der Waals surface area contributed by atoms with Crippen LogP contribution in [0.25, 0.3) is 0 Å². The highest BCUT2D eigenvalue weighted by molar-refractivity contribution is 5.28. The first-order valence-electron chi connectivity index (χ1n) is 5.52. The van der Waals surface area contributed by atoms with Crippen LogP contribution in [0.15, 0.2) is 36.4 Å². The van der Waals surface area contributed by atoms with Crippen molar-refractivity contribution in [3.05, 3.63) is 47.5 Å². The Labute approximate surface area is 93.2 Å². The fourth-order valence-electron chi connectivity index (χ4n) is 1.82. The Bertz CT molecular complexity index is 328. The predicted molar refractivity (Wildman–Crippen MR) is 67.0 cm³/mol. The van der Waals surface area contributed by atoms with E-state index < -0.39 is 0 Å². The molecule has 0 amide bonds. The van der Waals surface area contributed by atoms with Crippen LogP contribution in [-0.4, -0.2) is 7.05 Å². The van der Waals surface area contributed by atoms with Crippen LogP contribution in [0.3, 0.4) is 0 Å². The quantitative estimate of drug-likeness (QED) is 0.721. The van der Waals surface area contributed by atoms with Crippen molar-refractivity contribution in [3.63, 3.8) is 0 Å². The van der Waals surface area contributed by atoms with E-state index in [4.69, 9.17) is 0 Å². The van der Waals surface area contributed by atoms with Crippen LogP contribution in [0.1, 0.15) is 36.9 Å². The van der Waals surface area contributed by atoms with Gasteiger partial charge in [0, 0.05) is 6.04 Å². The van der Waals surface area contributed by atoms with E-state index in [0.29, 0.717) is 6.04 Å². The second-order valence-electron chi connectivity index (χ2n) is 4.19. The maximum absolute atomic E-state index is 3.95. The predicted octanol–water partition coefficient (Wildman–Crippen LogP) is 3.61. The van der Waals surface area contributed by atoms with Crippen molar-refractivity contribution in [1.82, 2.24) is 5.32 Å². The summed E-state index contributed by atoms with van der Waals surface area (Å²) < 4.78 is 0. The molecule has 1 N–H and O–H groups in total. The molecule has 15 heavy (non-hydrogen) atoms. The third-order valence-corrected chi connectivity index (χ3v) is 2.77. The number of benzene rings is 1. The molecular weight excluding hydrogens is 182 g/mol. The van der Waals surface area contributed by atoms with Gasteiger partial charge in [0.05, 0.1) is 0 Å². The monoisotopic (exact) mass is 203 g/mol. The van der Waals surface area contributed by atoms with Crippen LogP contribution in [0.4, 0.5) is 0 Å². The highest BCUT2D eigenvalue weighted by Gasteiger charge is 2.10. The minimum atomic E-state index is 0.447. The van der Waals surface area contributed by atoms with E-state index in [1.54, 1.807) is 0 Å². The van der Waals surface area contributed by atoms with Crippen LogP contribution >= 0.6 is 0 Å². The summed E-state index contributed by atoms with van der Waals surface area (Å²) in [6, 6.07) is 9.01. The second-order valence-corrected chi connectivity index (χ2v) is 4.19. The van der Waals surface area contributed by atoms with E-state index in [9.17, 15) is 0 Å². The maximum Gasteiger partial charge on any atom is 0.0323 e. The summed E-state index contributed by atoms with van der Waals surface area (Å²) in [7, 11) is 2.02. The van der Waals surface area contributed by atoms with Crippen LogP contribution in [0, 0.1) is 6.92 Å². The summed E-state index contributed by atoms with van der Waals surface area (Å²) >= 11 is 0. The summed E-state index contributed by atoms with van der Waals surface area (Å²) in [6.45, 7) is 8.20. The van der Waals surface area contributed by atoms with Crippen LogP contribution in [-0.2, 0) is 0 Å². The highest BCUT2D eigenvalue weighted by Crippen LogP contribution is 2.22. The zero-order chi connectivity index (χ0) is 11.3. The van der Waals surface area contributed by atoms with Crippen LogP contribution in [0.5, 0.6) is 0 Å². The minimum Gasteiger partial charge on any atom is -0.313 e. The molecule has 0 saturated heterocycles. The fourth-order valence-corrected chi connectivity index (χ4v) is 1.82. The largest absolute Gasteiger partial charge is 0.313 e. The lowest BCUT2D eigenvalue weighted by Gasteiger charge is -2.18. The molecule has 1 unspecified atom stereocenters. The van der Waals surface area contributed by atoms with Gasteiger partial charge in [-0.25, -0.2) is 0 Å². The number of rotatable bonds is 5. The summed E-state index contributed by atoms with van der Waals surface area (Å²) in [5.74, 6) is 0. The summed E-state index contributed by atoms with van der Waals surface area (Å²) in [5, 5.41) is 3.37. The molecule has 1 atom stereocenters. The SMILES string of the molecule is C=C(C)CCC(NC)c1ccccc1C. The third kappa shape index (κ3) is 3.52. The van der Waals surface area contributed by atoms with E-state index in [1.807, 2.05) is 7.05 Å². The Balaban J connectivity index is 2.74. The Kier molecular flexibility index (Phi) is 4.57. The molecule has 0 aliphatic heterocycles. The number of aryl methyl sites for hydroxylation is 1. The van der Waals surface area contributed by atoms with E-state index in [1.165, 1.54) is 16.7 Å². The molecular formula is C14H21N. The lowest BCUT2D eigenvalue weighted by Crippen LogP contribution is -2.17. The Morgan fingerprint density at radius 3 is 2.60 bits per heavy atom. The van der Waals surface area contributed by atoms with Gasteiger partial charge in [0.25, 0.3) is 0 Å². The fraction of sp³-hybridized carbons (Fsp3) is 0.429.